The van der Waals surface area contributed by atoms with Crippen molar-refractivity contribution in [3.05, 3.63) is 129 Å². The van der Waals surface area contributed by atoms with Gasteiger partial charge in [-0.2, -0.15) is 0 Å². The summed E-state index contributed by atoms with van der Waals surface area (Å²) < 4.78 is 6.92. The molecule has 0 N–H and O–H groups in total. The maximum atomic E-state index is 2.91. The number of allylic oxidation sites excluding steroid dienone is 2. The van der Waals surface area contributed by atoms with Crippen molar-refractivity contribution >= 4 is 17.6 Å². The van der Waals surface area contributed by atoms with Gasteiger partial charge in [0.25, 0.3) is 0 Å². The van der Waals surface area contributed by atoms with E-state index in [0.29, 0.717) is 7.35 Å². The molecule has 2 aliphatic carbocycles. The Morgan fingerprint density at radius 3 is 1.43 bits per heavy atom. The summed E-state index contributed by atoms with van der Waals surface area (Å²) in [5.41, 5.74) is 17.0. The molecule has 2 heteroatoms. The standard InChI is InChI=1S/2C20H21.C7H16Si.2CH3.Hf/c2*1-14-13-16(20(2,3)4)11-12-17(14)19-10-6-8-15-7-5-9-18(15)19;1-3-4-5-6-7-8-2;;;/h2*5-13H,1-4H3;3-7H2,1-2H3;2*1H3;. The second-order valence-corrected chi connectivity index (χ2v) is 66.4. The number of hydrogen-bond acceptors (Lipinski definition) is 0. The minimum atomic E-state index is -3.91. The molecule has 6 rings (SSSR count). The molecule has 0 heterocycles. The first-order valence-electron chi connectivity index (χ1n) is 19.8. The zero-order chi connectivity index (χ0) is 37.0. The Morgan fingerprint density at radius 2 is 1.04 bits per heavy atom. The van der Waals surface area contributed by atoms with E-state index in [1.165, 1.54) is 87.4 Å². The summed E-state index contributed by atoms with van der Waals surface area (Å²) in [4.78, 5) is 0. The number of hydrogen-bond donors (Lipinski definition) is 0. The van der Waals surface area contributed by atoms with E-state index in [9.17, 15) is 0 Å². The number of aryl methyl sites for hydroxylation is 2. The van der Waals surface area contributed by atoms with Crippen LogP contribution in [-0.2, 0) is 28.0 Å². The molecule has 0 spiro atoms. The summed E-state index contributed by atoms with van der Waals surface area (Å²) in [6, 6.07) is 30.3. The number of rotatable bonds is 9. The molecule has 0 nitrogen and oxygen atoms in total. The molecule has 0 saturated heterocycles. The van der Waals surface area contributed by atoms with E-state index in [2.05, 4.69) is 175 Å². The molecule has 0 amide bonds. The molecule has 0 bridgehead atoms. The normalized spacial score (nSPS) is 17.2. The predicted molar refractivity (Wildman–Crippen MR) is 226 cm³/mol. The second-order valence-electron chi connectivity index (χ2n) is 19.1. The van der Waals surface area contributed by atoms with Crippen LogP contribution in [0.3, 0.4) is 0 Å². The number of unbranched alkanes of at least 4 members (excludes halogenated alkanes) is 3. The Morgan fingerprint density at radius 1 is 0.588 bits per heavy atom. The van der Waals surface area contributed by atoms with E-state index in [0.717, 1.165) is 0 Å². The van der Waals surface area contributed by atoms with Crippen molar-refractivity contribution in [1.82, 2.24) is 0 Å². The van der Waals surface area contributed by atoms with Crippen molar-refractivity contribution in [3.63, 3.8) is 0 Å². The average molecular weight is 860 g/mol. The molecule has 0 aliphatic heterocycles. The van der Waals surface area contributed by atoms with E-state index in [1.54, 1.807) is 11.1 Å². The topological polar surface area (TPSA) is 0 Å². The monoisotopic (exact) mass is 860 g/mol. The van der Waals surface area contributed by atoms with Crippen molar-refractivity contribution in [2.75, 3.05) is 0 Å². The number of fused-ring (bicyclic) bond motifs is 2. The summed E-state index contributed by atoms with van der Waals surface area (Å²) in [7, 11) is 0. The number of benzene rings is 4. The minimum absolute atomic E-state index is 0.147. The van der Waals surface area contributed by atoms with Crippen LogP contribution < -0.4 is 0 Å². The van der Waals surface area contributed by atoms with E-state index < -0.39 is 22.6 Å². The quantitative estimate of drug-likeness (QED) is 0.116. The Balaban J connectivity index is 1.50. The van der Waals surface area contributed by atoms with Gasteiger partial charge in [0.15, 0.2) is 0 Å². The van der Waals surface area contributed by atoms with Crippen LogP contribution in [0.4, 0.5) is 0 Å². The van der Waals surface area contributed by atoms with Gasteiger partial charge in [-0.1, -0.05) is 0 Å². The molecular weight excluding hydrogens is 795 g/mol. The van der Waals surface area contributed by atoms with Crippen molar-refractivity contribution in [3.8, 4) is 22.3 Å². The SMILES string of the molecule is CCCCCC[Si](C)=[Hf]([CH3])([CH3])([CH]1C=Cc2c(-c3ccc(C(C)(C)C)cc3C)cccc21)[CH]1C=Cc2c(-c3ccc(C(C)(C)C)cc3C)cccc21. The van der Waals surface area contributed by atoms with Gasteiger partial charge in [-0.25, -0.2) is 0 Å². The molecule has 51 heavy (non-hydrogen) atoms. The summed E-state index contributed by atoms with van der Waals surface area (Å²) >= 11 is -3.91. The van der Waals surface area contributed by atoms with E-state index >= 15 is 0 Å². The predicted octanol–water partition coefficient (Wildman–Crippen LogP) is 15.1. The van der Waals surface area contributed by atoms with Gasteiger partial charge in [0.05, 0.1) is 0 Å². The van der Waals surface area contributed by atoms with Gasteiger partial charge < -0.3 is 0 Å². The summed E-state index contributed by atoms with van der Waals surface area (Å²) in [6.07, 6.45) is 15.9. The molecule has 2 atom stereocenters. The van der Waals surface area contributed by atoms with Gasteiger partial charge in [-0.05, 0) is 0 Å². The Hall–Kier alpha value is -2.55. The van der Waals surface area contributed by atoms with Crippen molar-refractivity contribution in [2.24, 2.45) is 0 Å². The zero-order valence-electron chi connectivity index (χ0n) is 33.9. The van der Waals surface area contributed by atoms with Gasteiger partial charge in [0, 0.05) is 0 Å². The van der Waals surface area contributed by atoms with E-state index in [4.69, 9.17) is 0 Å². The van der Waals surface area contributed by atoms with Crippen LogP contribution in [0.25, 0.3) is 34.4 Å². The third-order valence-corrected chi connectivity index (χ3v) is 71.3. The molecule has 0 aromatic heterocycles. The molecule has 2 unspecified atom stereocenters. The first-order chi connectivity index (χ1) is 24.0. The van der Waals surface area contributed by atoms with Crippen LogP contribution in [0.15, 0.2) is 84.9 Å². The van der Waals surface area contributed by atoms with Crippen molar-refractivity contribution < 1.29 is 17.1 Å². The fourth-order valence-electron chi connectivity index (χ4n) is 9.49. The fraction of sp³-hybridized carbons (Fsp3) is 0.429. The van der Waals surface area contributed by atoms with Crippen LogP contribution in [0, 0.1) is 13.8 Å². The Kier molecular flexibility index (Phi) is 10.5. The van der Waals surface area contributed by atoms with E-state index in [1.807, 2.05) is 0 Å². The van der Waals surface area contributed by atoms with Crippen molar-refractivity contribution in [2.45, 2.75) is 128 Å². The summed E-state index contributed by atoms with van der Waals surface area (Å²) in [5.74, 6) is 0. The van der Waals surface area contributed by atoms with Gasteiger partial charge in [-0.15, -0.1) is 0 Å². The molecule has 4 aromatic carbocycles. The van der Waals surface area contributed by atoms with Crippen LogP contribution >= 0.6 is 0 Å². The van der Waals surface area contributed by atoms with Gasteiger partial charge in [0.1, 0.15) is 0 Å². The van der Waals surface area contributed by atoms with Gasteiger partial charge >= 0.3 is 315 Å². The van der Waals surface area contributed by atoms with Crippen LogP contribution in [0.5, 0.6) is 0 Å². The molecule has 0 radical (unpaired) electrons. The first kappa shape index (κ1) is 38.2. The van der Waals surface area contributed by atoms with E-state index in [-0.39, 0.29) is 10.8 Å². The fourth-order valence-corrected chi connectivity index (χ4v) is 53.1. The molecule has 0 saturated carbocycles. The molecule has 2 aliphatic rings. The molecule has 4 aromatic rings. The first-order valence-corrected chi connectivity index (χ1v) is 38.8. The Labute approximate surface area is 312 Å². The Bertz CT molecular complexity index is 1960. The third kappa shape index (κ3) is 6.87. The molecule has 0 fully saturated rings. The average Bonchev–Trinajstić information content (AvgIpc) is 3.72. The zero-order valence-corrected chi connectivity index (χ0v) is 38.5. The van der Waals surface area contributed by atoms with Gasteiger partial charge in [0.2, 0.25) is 0 Å². The van der Waals surface area contributed by atoms with Gasteiger partial charge in [-0.3, -0.25) is 0 Å². The maximum absolute atomic E-state index is 3.91. The van der Waals surface area contributed by atoms with Crippen LogP contribution in [-0.4, -0.2) is 5.49 Å². The van der Waals surface area contributed by atoms with Crippen LogP contribution in [0.1, 0.15) is 126 Å². The summed E-state index contributed by atoms with van der Waals surface area (Å²) in [5, 5.41) is 0. The molecule has 268 valence electrons. The van der Waals surface area contributed by atoms with Crippen molar-refractivity contribution in [1.29, 1.82) is 0 Å². The second kappa shape index (κ2) is 14.0. The van der Waals surface area contributed by atoms with Crippen LogP contribution in [0.2, 0.25) is 22.0 Å². The molecular formula is C49H64HfSi. The third-order valence-electron chi connectivity index (χ3n) is 13.3. The summed E-state index contributed by atoms with van der Waals surface area (Å²) in [6.45, 7) is 23.6.